The van der Waals surface area contributed by atoms with Crippen molar-refractivity contribution >= 4 is 28.4 Å². The van der Waals surface area contributed by atoms with Gasteiger partial charge in [0.1, 0.15) is 24.2 Å². The van der Waals surface area contributed by atoms with Crippen LogP contribution in [0.4, 0.5) is 17.6 Å². The number of hydrogen-bond donors (Lipinski definition) is 1. The molecule has 1 aliphatic rings. The molecule has 4 rings (SSSR count). The standard InChI is InChI=1S/C20H17ClF4N4O5/c21-12-7-10-1-3-14(27-15(10)8-13(12)22)17(30)26-11-2-4-16(32-9-11)18-28-29-19(34-18)31-5-6-33-20(23,24)25/h1,3,7-8,11,16H,2,4-6,9H2,(H,26,30)/t11-,16+/m1/s1. The molecule has 2 aromatic heterocycles. The summed E-state index contributed by atoms with van der Waals surface area (Å²) in [6.07, 6.45) is -4.66. The largest absolute Gasteiger partial charge is 0.522 e. The Morgan fingerprint density at radius 2 is 2.03 bits per heavy atom. The number of amides is 1. The van der Waals surface area contributed by atoms with Gasteiger partial charge in [0, 0.05) is 11.5 Å². The van der Waals surface area contributed by atoms with Gasteiger partial charge in [-0.25, -0.2) is 9.37 Å². The Bertz CT molecular complexity index is 1170. The number of nitrogens with zero attached hydrogens (tertiary/aromatic N) is 3. The first-order valence-corrected chi connectivity index (χ1v) is 10.4. The Morgan fingerprint density at radius 1 is 1.21 bits per heavy atom. The summed E-state index contributed by atoms with van der Waals surface area (Å²) in [6.45, 7) is -1.01. The Labute approximate surface area is 194 Å². The molecule has 1 aromatic carbocycles. The molecule has 1 N–H and O–H groups in total. The van der Waals surface area contributed by atoms with E-state index in [0.29, 0.717) is 23.7 Å². The van der Waals surface area contributed by atoms with Crippen molar-refractivity contribution in [2.75, 3.05) is 19.8 Å². The van der Waals surface area contributed by atoms with E-state index in [9.17, 15) is 22.4 Å². The Kier molecular flexibility index (Phi) is 7.14. The molecule has 182 valence electrons. The lowest BCUT2D eigenvalue weighted by Crippen LogP contribution is -2.41. The van der Waals surface area contributed by atoms with Crippen molar-refractivity contribution in [1.29, 1.82) is 0 Å². The van der Waals surface area contributed by atoms with Crippen LogP contribution in [-0.4, -0.2) is 53.3 Å². The first kappa shape index (κ1) is 24.1. The molecular formula is C20H17ClF4N4O5. The van der Waals surface area contributed by atoms with E-state index in [0.717, 1.165) is 6.07 Å². The van der Waals surface area contributed by atoms with Gasteiger partial charge >= 0.3 is 12.4 Å². The summed E-state index contributed by atoms with van der Waals surface area (Å²) in [5.74, 6) is -0.970. The van der Waals surface area contributed by atoms with Crippen LogP contribution in [0, 0.1) is 5.82 Å². The second-order valence-electron chi connectivity index (χ2n) is 7.27. The highest BCUT2D eigenvalue weighted by molar-refractivity contribution is 6.31. The van der Waals surface area contributed by atoms with Gasteiger partial charge in [0.2, 0.25) is 5.89 Å². The van der Waals surface area contributed by atoms with E-state index in [4.69, 9.17) is 25.5 Å². The van der Waals surface area contributed by atoms with Crippen LogP contribution in [0.5, 0.6) is 6.08 Å². The van der Waals surface area contributed by atoms with Gasteiger partial charge in [0.25, 0.3) is 5.91 Å². The lowest BCUT2D eigenvalue weighted by atomic mass is 10.0. The molecule has 0 radical (unpaired) electrons. The predicted octanol–water partition coefficient (Wildman–Crippen LogP) is 3.98. The van der Waals surface area contributed by atoms with Crippen LogP contribution in [0.25, 0.3) is 10.9 Å². The van der Waals surface area contributed by atoms with Gasteiger partial charge < -0.3 is 19.2 Å². The summed E-state index contributed by atoms with van der Waals surface area (Å²) >= 11 is 5.76. The van der Waals surface area contributed by atoms with E-state index in [2.05, 4.69) is 25.2 Å². The molecule has 0 aliphatic carbocycles. The second-order valence-corrected chi connectivity index (χ2v) is 7.68. The van der Waals surface area contributed by atoms with Gasteiger partial charge in [0.05, 0.1) is 29.8 Å². The zero-order valence-corrected chi connectivity index (χ0v) is 18.0. The summed E-state index contributed by atoms with van der Waals surface area (Å²) in [4.78, 5) is 16.7. The summed E-state index contributed by atoms with van der Waals surface area (Å²) in [5, 5.41) is 10.8. The highest BCUT2D eigenvalue weighted by Crippen LogP contribution is 2.29. The van der Waals surface area contributed by atoms with E-state index in [1.165, 1.54) is 12.1 Å². The monoisotopic (exact) mass is 504 g/mol. The molecule has 1 aliphatic heterocycles. The maximum atomic E-state index is 13.7. The number of nitrogens with one attached hydrogen (secondary N) is 1. The number of aromatic nitrogens is 3. The van der Waals surface area contributed by atoms with Gasteiger partial charge in [0.15, 0.2) is 0 Å². The van der Waals surface area contributed by atoms with E-state index in [1.807, 2.05) is 0 Å². The van der Waals surface area contributed by atoms with Crippen LogP contribution in [0.15, 0.2) is 28.7 Å². The summed E-state index contributed by atoms with van der Waals surface area (Å²) < 4.78 is 68.9. The summed E-state index contributed by atoms with van der Waals surface area (Å²) in [7, 11) is 0. The van der Waals surface area contributed by atoms with Gasteiger partial charge in [-0.15, -0.1) is 18.3 Å². The fraction of sp³-hybridized carbons (Fsp3) is 0.400. The minimum atomic E-state index is -4.75. The molecule has 3 heterocycles. The maximum absolute atomic E-state index is 13.7. The highest BCUT2D eigenvalue weighted by atomic mass is 35.5. The van der Waals surface area contributed by atoms with Crippen molar-refractivity contribution < 1.29 is 41.0 Å². The van der Waals surface area contributed by atoms with Crippen LogP contribution in [0.3, 0.4) is 0 Å². The van der Waals surface area contributed by atoms with Crippen molar-refractivity contribution in [1.82, 2.24) is 20.5 Å². The number of carbonyl (C=O) groups is 1. The number of ether oxygens (including phenoxy) is 3. The average molecular weight is 505 g/mol. The second kappa shape index (κ2) is 10.1. The quantitative estimate of drug-likeness (QED) is 0.380. The van der Waals surface area contributed by atoms with Gasteiger partial charge in [-0.3, -0.25) is 9.53 Å². The predicted molar refractivity (Wildman–Crippen MR) is 108 cm³/mol. The Morgan fingerprint density at radius 3 is 2.76 bits per heavy atom. The fourth-order valence-electron chi connectivity index (χ4n) is 3.26. The number of benzene rings is 1. The van der Waals surface area contributed by atoms with Crippen molar-refractivity contribution in [3.8, 4) is 6.08 Å². The molecule has 0 spiro atoms. The van der Waals surface area contributed by atoms with Crippen molar-refractivity contribution in [3.05, 3.63) is 46.7 Å². The third kappa shape index (κ3) is 6.10. The van der Waals surface area contributed by atoms with Gasteiger partial charge in [-0.05, 0) is 25.0 Å². The average Bonchev–Trinajstić information content (AvgIpc) is 3.26. The number of halogens is 5. The van der Waals surface area contributed by atoms with Gasteiger partial charge in [-0.1, -0.05) is 22.8 Å². The van der Waals surface area contributed by atoms with Crippen molar-refractivity contribution in [2.24, 2.45) is 0 Å². The highest BCUT2D eigenvalue weighted by Gasteiger charge is 2.30. The van der Waals surface area contributed by atoms with Crippen LogP contribution < -0.4 is 10.1 Å². The molecular weight excluding hydrogens is 488 g/mol. The lowest BCUT2D eigenvalue weighted by Gasteiger charge is -2.27. The minimum Gasteiger partial charge on any atom is -0.447 e. The number of carbonyl (C=O) groups excluding carboxylic acids is 1. The van der Waals surface area contributed by atoms with Crippen LogP contribution in [-0.2, 0) is 9.47 Å². The molecule has 0 saturated carbocycles. The molecule has 1 amide bonds. The molecule has 3 aromatic rings. The minimum absolute atomic E-state index is 0.0317. The topological polar surface area (TPSA) is 109 Å². The third-order valence-electron chi connectivity index (χ3n) is 4.85. The normalized spacial score (nSPS) is 18.7. The van der Waals surface area contributed by atoms with Crippen LogP contribution in [0.2, 0.25) is 5.02 Å². The van der Waals surface area contributed by atoms with E-state index < -0.39 is 37.4 Å². The molecule has 2 atom stereocenters. The van der Waals surface area contributed by atoms with Crippen molar-refractivity contribution in [3.63, 3.8) is 0 Å². The van der Waals surface area contributed by atoms with Gasteiger partial charge in [-0.2, -0.15) is 0 Å². The third-order valence-corrected chi connectivity index (χ3v) is 5.14. The van der Waals surface area contributed by atoms with Crippen molar-refractivity contribution in [2.45, 2.75) is 31.3 Å². The first-order valence-electron chi connectivity index (χ1n) is 10.0. The summed E-state index contributed by atoms with van der Waals surface area (Å²) in [6, 6.07) is 5.41. The number of rotatable bonds is 7. The SMILES string of the molecule is O=C(N[C@@H]1CC[C@@H](c2nnc(OCCOC(F)(F)F)o2)OC1)c1ccc2cc(Cl)c(F)cc2n1. The number of hydrogen-bond acceptors (Lipinski definition) is 8. The Balaban J connectivity index is 1.26. The number of pyridine rings is 1. The molecule has 0 bridgehead atoms. The smallest absolute Gasteiger partial charge is 0.447 e. The molecule has 34 heavy (non-hydrogen) atoms. The fourth-order valence-corrected chi connectivity index (χ4v) is 3.43. The zero-order chi connectivity index (χ0) is 24.3. The maximum Gasteiger partial charge on any atom is 0.522 e. The van der Waals surface area contributed by atoms with E-state index in [-0.39, 0.29) is 35.3 Å². The number of fused-ring (bicyclic) bond motifs is 1. The molecule has 9 nitrogen and oxygen atoms in total. The zero-order valence-electron chi connectivity index (χ0n) is 17.3. The van der Waals surface area contributed by atoms with E-state index in [1.54, 1.807) is 6.07 Å². The summed E-state index contributed by atoms with van der Waals surface area (Å²) in [5.41, 5.74) is 0.415. The number of alkyl halides is 3. The first-order chi connectivity index (χ1) is 16.2. The molecule has 14 heteroatoms. The Hall–Kier alpha value is -3.03. The van der Waals surface area contributed by atoms with Crippen LogP contribution >= 0.6 is 11.6 Å². The lowest BCUT2D eigenvalue weighted by molar-refractivity contribution is -0.325. The molecule has 1 saturated heterocycles. The molecule has 1 fully saturated rings. The van der Waals surface area contributed by atoms with Crippen LogP contribution in [0.1, 0.15) is 35.3 Å². The molecule has 0 unspecified atom stereocenters. The van der Waals surface area contributed by atoms with E-state index >= 15 is 0 Å².